The number of nitrogens with zero attached hydrogens (tertiary/aromatic N) is 5. The molecule has 0 aliphatic rings. The summed E-state index contributed by atoms with van der Waals surface area (Å²) in [7, 11) is 1.85. The highest BCUT2D eigenvalue weighted by Crippen LogP contribution is 2.11. The molecule has 0 unspecified atom stereocenters. The van der Waals surface area contributed by atoms with Crippen LogP contribution in [0.4, 0.5) is 4.79 Å². The predicted molar refractivity (Wildman–Crippen MR) is 92.6 cm³/mol. The maximum absolute atomic E-state index is 12.2. The Kier molecular flexibility index (Phi) is 5.08. The maximum atomic E-state index is 12.2. The molecule has 1 aromatic carbocycles. The van der Waals surface area contributed by atoms with Crippen molar-refractivity contribution in [3.05, 3.63) is 66.0 Å². The van der Waals surface area contributed by atoms with Gasteiger partial charge in [0.05, 0.1) is 18.8 Å². The number of carbonyl (C=O) groups excluding carboxylic acids is 1. The smallest absolute Gasteiger partial charge is 0.315 e. The van der Waals surface area contributed by atoms with Crippen LogP contribution in [-0.2, 0) is 20.1 Å². The zero-order valence-electron chi connectivity index (χ0n) is 14.3. The first-order valence-corrected chi connectivity index (χ1v) is 8.04. The molecule has 2 amide bonds. The summed E-state index contributed by atoms with van der Waals surface area (Å²) in [5.41, 5.74) is 3.10. The van der Waals surface area contributed by atoms with E-state index in [0.29, 0.717) is 13.1 Å². The Morgan fingerprint density at radius 3 is 2.72 bits per heavy atom. The molecule has 3 aromatic rings. The molecule has 2 N–H and O–H groups in total. The topological polar surface area (TPSA) is 89.7 Å². The minimum atomic E-state index is -0.216. The molecule has 8 heteroatoms. The Labute approximate surface area is 145 Å². The van der Waals surface area contributed by atoms with Crippen LogP contribution in [0.25, 0.3) is 0 Å². The minimum Gasteiger partial charge on any atom is -0.334 e. The van der Waals surface area contributed by atoms with Crippen molar-refractivity contribution >= 4 is 6.03 Å². The fraction of sp³-hybridized carbons (Fsp3) is 0.294. The standard InChI is InChI=1S/C17H21N7O/c1-13(16-8-20-23(2)9-16)22-17(25)19-7-14-5-3-4-6-15(14)10-24-12-18-11-21-24/h3-6,8-9,11-13H,7,10H2,1-2H3,(H2,19,22,25)/t13-/m0/s1. The molecule has 0 aliphatic heterocycles. The number of urea groups is 1. The molecule has 2 heterocycles. The van der Waals surface area contributed by atoms with Crippen LogP contribution in [0.2, 0.25) is 0 Å². The largest absolute Gasteiger partial charge is 0.334 e. The van der Waals surface area contributed by atoms with Gasteiger partial charge in [0.1, 0.15) is 12.7 Å². The summed E-state index contributed by atoms with van der Waals surface area (Å²) < 4.78 is 3.47. The van der Waals surface area contributed by atoms with E-state index in [1.54, 1.807) is 21.9 Å². The first kappa shape index (κ1) is 16.7. The Bertz CT molecular complexity index is 825. The third kappa shape index (κ3) is 4.43. The summed E-state index contributed by atoms with van der Waals surface area (Å²) in [6.45, 7) is 2.98. The van der Waals surface area contributed by atoms with Crippen molar-refractivity contribution in [3.8, 4) is 0 Å². The van der Waals surface area contributed by atoms with E-state index in [1.807, 2.05) is 44.4 Å². The second-order valence-electron chi connectivity index (χ2n) is 5.86. The normalized spacial score (nSPS) is 11.9. The molecule has 8 nitrogen and oxygen atoms in total. The molecule has 0 fully saturated rings. The fourth-order valence-electron chi connectivity index (χ4n) is 2.54. The monoisotopic (exact) mass is 339 g/mol. The summed E-state index contributed by atoms with van der Waals surface area (Å²) >= 11 is 0. The van der Waals surface area contributed by atoms with Crippen molar-refractivity contribution in [2.75, 3.05) is 0 Å². The third-order valence-electron chi connectivity index (χ3n) is 3.93. The van der Waals surface area contributed by atoms with Crippen LogP contribution < -0.4 is 10.6 Å². The summed E-state index contributed by atoms with van der Waals surface area (Å²) in [4.78, 5) is 16.1. The molecule has 0 saturated heterocycles. The molecule has 0 aliphatic carbocycles. The molecule has 130 valence electrons. The van der Waals surface area contributed by atoms with Gasteiger partial charge in [-0.25, -0.2) is 14.5 Å². The third-order valence-corrected chi connectivity index (χ3v) is 3.93. The van der Waals surface area contributed by atoms with Gasteiger partial charge in [-0.3, -0.25) is 4.68 Å². The van der Waals surface area contributed by atoms with Crippen LogP contribution in [-0.4, -0.2) is 30.6 Å². The van der Waals surface area contributed by atoms with E-state index in [9.17, 15) is 4.79 Å². The van der Waals surface area contributed by atoms with Gasteiger partial charge in [0.15, 0.2) is 0 Å². The van der Waals surface area contributed by atoms with Crippen LogP contribution in [0.15, 0.2) is 49.3 Å². The first-order chi connectivity index (χ1) is 12.1. The molecule has 0 radical (unpaired) electrons. The minimum absolute atomic E-state index is 0.112. The SMILES string of the molecule is C[C@H](NC(=O)NCc1ccccc1Cn1cncn1)c1cnn(C)c1. The molecule has 2 aromatic heterocycles. The number of benzene rings is 1. The molecule has 3 rings (SSSR count). The van der Waals surface area contributed by atoms with E-state index in [0.717, 1.165) is 16.7 Å². The van der Waals surface area contributed by atoms with Gasteiger partial charge in [0.25, 0.3) is 0 Å². The highest BCUT2D eigenvalue weighted by Gasteiger charge is 2.11. The number of amides is 2. The summed E-state index contributed by atoms with van der Waals surface area (Å²) in [5, 5.41) is 14.1. The van der Waals surface area contributed by atoms with Gasteiger partial charge in [-0.2, -0.15) is 10.2 Å². The van der Waals surface area contributed by atoms with Gasteiger partial charge in [0.2, 0.25) is 0 Å². The van der Waals surface area contributed by atoms with Gasteiger partial charge in [-0.05, 0) is 18.1 Å². The van der Waals surface area contributed by atoms with Crippen molar-refractivity contribution in [1.29, 1.82) is 0 Å². The Morgan fingerprint density at radius 1 is 1.24 bits per heavy atom. The van der Waals surface area contributed by atoms with Crippen LogP contribution >= 0.6 is 0 Å². The first-order valence-electron chi connectivity index (χ1n) is 8.04. The Morgan fingerprint density at radius 2 is 2.04 bits per heavy atom. The molecular weight excluding hydrogens is 318 g/mol. The van der Waals surface area contributed by atoms with E-state index in [1.165, 1.54) is 6.33 Å². The fourth-order valence-corrected chi connectivity index (χ4v) is 2.54. The van der Waals surface area contributed by atoms with Crippen LogP contribution in [0.5, 0.6) is 0 Å². The quantitative estimate of drug-likeness (QED) is 0.714. The van der Waals surface area contributed by atoms with Gasteiger partial charge in [-0.1, -0.05) is 24.3 Å². The van der Waals surface area contributed by atoms with Gasteiger partial charge in [-0.15, -0.1) is 0 Å². The van der Waals surface area contributed by atoms with E-state index >= 15 is 0 Å². The molecule has 0 spiro atoms. The van der Waals surface area contributed by atoms with Crippen LogP contribution in [0, 0.1) is 0 Å². The number of hydrogen-bond donors (Lipinski definition) is 2. The Balaban J connectivity index is 1.57. The zero-order valence-corrected chi connectivity index (χ0v) is 14.3. The highest BCUT2D eigenvalue weighted by molar-refractivity contribution is 5.74. The second kappa shape index (κ2) is 7.61. The molecule has 0 bridgehead atoms. The number of aromatic nitrogens is 5. The van der Waals surface area contributed by atoms with Crippen molar-refractivity contribution in [1.82, 2.24) is 35.2 Å². The molecule has 0 saturated carbocycles. The number of hydrogen-bond acceptors (Lipinski definition) is 4. The van der Waals surface area contributed by atoms with Crippen molar-refractivity contribution in [3.63, 3.8) is 0 Å². The lowest BCUT2D eigenvalue weighted by molar-refractivity contribution is 0.237. The number of carbonyl (C=O) groups is 1. The molecule has 25 heavy (non-hydrogen) atoms. The zero-order chi connectivity index (χ0) is 17.6. The van der Waals surface area contributed by atoms with Gasteiger partial charge in [0, 0.05) is 25.4 Å². The predicted octanol–water partition coefficient (Wildman–Crippen LogP) is 1.62. The summed E-state index contributed by atoms with van der Waals surface area (Å²) in [5.74, 6) is 0. The van der Waals surface area contributed by atoms with Crippen molar-refractivity contribution in [2.45, 2.75) is 26.1 Å². The second-order valence-corrected chi connectivity index (χ2v) is 5.86. The van der Waals surface area contributed by atoms with E-state index in [4.69, 9.17) is 0 Å². The summed E-state index contributed by atoms with van der Waals surface area (Å²) in [6, 6.07) is 7.62. The average molecular weight is 339 g/mol. The van der Waals surface area contributed by atoms with Gasteiger partial charge >= 0.3 is 6.03 Å². The maximum Gasteiger partial charge on any atom is 0.315 e. The van der Waals surface area contributed by atoms with Crippen molar-refractivity contribution in [2.24, 2.45) is 7.05 Å². The van der Waals surface area contributed by atoms with E-state index in [2.05, 4.69) is 25.8 Å². The van der Waals surface area contributed by atoms with E-state index in [-0.39, 0.29) is 12.1 Å². The van der Waals surface area contributed by atoms with Gasteiger partial charge < -0.3 is 10.6 Å². The van der Waals surface area contributed by atoms with Crippen molar-refractivity contribution < 1.29 is 4.79 Å². The lowest BCUT2D eigenvalue weighted by Crippen LogP contribution is -2.36. The lowest BCUT2D eigenvalue weighted by Gasteiger charge is -2.14. The lowest BCUT2D eigenvalue weighted by atomic mass is 10.1. The van der Waals surface area contributed by atoms with Crippen LogP contribution in [0.1, 0.15) is 29.7 Å². The number of nitrogens with one attached hydrogen (secondary N) is 2. The summed E-state index contributed by atoms with van der Waals surface area (Å²) in [6.07, 6.45) is 6.82. The average Bonchev–Trinajstić information content (AvgIpc) is 3.26. The molecule has 1 atom stereocenters. The highest BCUT2D eigenvalue weighted by atomic mass is 16.2. The number of rotatable bonds is 6. The Hall–Kier alpha value is -3.16. The van der Waals surface area contributed by atoms with Crippen LogP contribution in [0.3, 0.4) is 0 Å². The molecular formula is C17H21N7O. The number of aryl methyl sites for hydroxylation is 1. The van der Waals surface area contributed by atoms with E-state index < -0.39 is 0 Å².